The van der Waals surface area contributed by atoms with Crippen LogP contribution < -0.4 is 0 Å². The molecule has 3 rings (SSSR count). The molecule has 11 heteroatoms. The molecule has 0 amide bonds. The number of sulfonamides is 1. The molecule has 1 aliphatic carbocycles. The maximum atomic E-state index is 13.5. The lowest BCUT2D eigenvalue weighted by Gasteiger charge is -2.47. The van der Waals surface area contributed by atoms with Gasteiger partial charge in [-0.25, -0.2) is 17.8 Å². The van der Waals surface area contributed by atoms with E-state index in [0.29, 0.717) is 11.1 Å². The number of hydrogen-bond donors (Lipinski definition) is 1. The number of aryl methyl sites for hydroxylation is 1. The Labute approximate surface area is 170 Å². The van der Waals surface area contributed by atoms with Crippen LogP contribution in [-0.2, 0) is 10.0 Å². The second-order valence-electron chi connectivity index (χ2n) is 7.23. The van der Waals surface area contributed by atoms with Crippen LogP contribution >= 0.6 is 0 Å². The summed E-state index contributed by atoms with van der Waals surface area (Å²) in [6, 6.07) is 7.10. The van der Waals surface area contributed by atoms with Crippen molar-refractivity contribution in [1.29, 1.82) is 5.26 Å². The smallest absolute Gasteiger partial charge is 0.380 e. The van der Waals surface area contributed by atoms with Crippen LogP contribution in [0.25, 0.3) is 11.3 Å². The molecule has 0 unspecified atom stereocenters. The van der Waals surface area contributed by atoms with Crippen LogP contribution in [0.1, 0.15) is 24.1 Å². The largest absolute Gasteiger partial charge is 0.417 e. The van der Waals surface area contributed by atoms with Gasteiger partial charge in [-0.15, -0.1) is 0 Å². The summed E-state index contributed by atoms with van der Waals surface area (Å²) in [5.74, 6) is -0.779. The van der Waals surface area contributed by atoms with Crippen molar-refractivity contribution >= 4 is 10.0 Å². The zero-order valence-electron chi connectivity index (χ0n) is 15.9. The molecule has 0 atom stereocenters. The number of aliphatic hydroxyl groups is 1. The lowest BCUT2D eigenvalue weighted by Crippen LogP contribution is -2.62. The predicted octanol–water partition coefficient (Wildman–Crippen LogP) is 3.14. The first kappa shape index (κ1) is 22.1. The number of benzene rings is 1. The van der Waals surface area contributed by atoms with Crippen LogP contribution in [0.3, 0.4) is 0 Å². The normalized spacial score (nSPS) is 21.9. The highest BCUT2D eigenvalue weighted by Gasteiger charge is 2.62. The molecule has 30 heavy (non-hydrogen) atoms. The summed E-state index contributed by atoms with van der Waals surface area (Å²) >= 11 is 0. The third-order valence-electron chi connectivity index (χ3n) is 5.29. The summed E-state index contributed by atoms with van der Waals surface area (Å²) in [7, 11) is -2.95. The van der Waals surface area contributed by atoms with Crippen molar-refractivity contribution in [1.82, 2.24) is 9.29 Å². The van der Waals surface area contributed by atoms with Crippen LogP contribution in [0.2, 0.25) is 0 Å². The Morgan fingerprint density at radius 2 is 1.90 bits per heavy atom. The molecule has 1 aromatic heterocycles. The highest BCUT2D eigenvalue weighted by molar-refractivity contribution is 7.89. The van der Waals surface area contributed by atoms with Gasteiger partial charge in [-0.2, -0.15) is 22.7 Å². The van der Waals surface area contributed by atoms with Gasteiger partial charge < -0.3 is 5.11 Å². The zero-order valence-corrected chi connectivity index (χ0v) is 16.7. The fraction of sp³-hybridized carbons (Fsp3) is 0.368. The van der Waals surface area contributed by atoms with Gasteiger partial charge in [-0.05, 0) is 36.8 Å². The first-order valence-corrected chi connectivity index (χ1v) is 10.2. The van der Waals surface area contributed by atoms with E-state index in [4.69, 9.17) is 5.26 Å². The van der Waals surface area contributed by atoms with E-state index in [0.717, 1.165) is 10.4 Å². The van der Waals surface area contributed by atoms with E-state index in [-0.39, 0.29) is 10.6 Å². The summed E-state index contributed by atoms with van der Waals surface area (Å²) < 4.78 is 78.4. The van der Waals surface area contributed by atoms with Crippen LogP contribution in [-0.4, -0.2) is 47.7 Å². The van der Waals surface area contributed by atoms with Gasteiger partial charge in [0.2, 0.25) is 10.0 Å². The van der Waals surface area contributed by atoms with Crippen molar-refractivity contribution in [3.63, 3.8) is 0 Å². The summed E-state index contributed by atoms with van der Waals surface area (Å²) in [6.07, 6.45) is -6.30. The molecule has 1 N–H and O–H groups in total. The third-order valence-corrected chi connectivity index (χ3v) is 7.20. The van der Waals surface area contributed by atoms with Gasteiger partial charge in [0.25, 0.3) is 0 Å². The quantitative estimate of drug-likeness (QED) is 0.733. The molecule has 1 aromatic carbocycles. The molecule has 2 aromatic rings. The first-order valence-electron chi connectivity index (χ1n) is 8.75. The van der Waals surface area contributed by atoms with E-state index < -0.39 is 52.2 Å². The van der Waals surface area contributed by atoms with Crippen molar-refractivity contribution in [2.75, 3.05) is 7.05 Å². The molecule has 0 bridgehead atoms. The third kappa shape index (κ3) is 3.66. The van der Waals surface area contributed by atoms with Crippen LogP contribution in [0.4, 0.5) is 17.6 Å². The number of hydrogen-bond acceptors (Lipinski definition) is 5. The molecule has 0 saturated heterocycles. The lowest BCUT2D eigenvalue weighted by atomic mass is 9.75. The van der Waals surface area contributed by atoms with Crippen LogP contribution in [0.5, 0.6) is 0 Å². The maximum Gasteiger partial charge on any atom is 0.417 e. The van der Waals surface area contributed by atoms with Gasteiger partial charge in [-0.3, -0.25) is 0 Å². The van der Waals surface area contributed by atoms with Crippen LogP contribution in [0, 0.1) is 24.1 Å². The Morgan fingerprint density at radius 1 is 1.27 bits per heavy atom. The molecule has 1 aliphatic rings. The topological polar surface area (TPSA) is 94.3 Å². The van der Waals surface area contributed by atoms with E-state index in [1.165, 1.54) is 31.3 Å². The van der Waals surface area contributed by atoms with Gasteiger partial charge in [0.15, 0.2) is 17.1 Å². The molecule has 1 saturated carbocycles. The number of nitriles is 1. The van der Waals surface area contributed by atoms with Crippen molar-refractivity contribution in [2.24, 2.45) is 0 Å². The number of rotatable bonds is 4. The Kier molecular flexibility index (Phi) is 5.39. The minimum atomic E-state index is -4.82. The average molecular weight is 443 g/mol. The number of aromatic nitrogens is 1. The standard InChI is InChI=1S/C19H17F4N3O3S/c1-11-7-13(3-4-14(11)16-6-5-15(20)17(10-24)25-16)30(28,29)26(2)12-8-18(27,9-12)19(21,22)23/h3-7,12,27H,8-9H2,1-2H3. The lowest BCUT2D eigenvalue weighted by molar-refractivity contribution is -0.295. The van der Waals surface area contributed by atoms with E-state index in [1.807, 2.05) is 0 Å². The Hall–Kier alpha value is -2.55. The molecule has 0 spiro atoms. The number of alkyl halides is 3. The summed E-state index contributed by atoms with van der Waals surface area (Å²) in [5.41, 5.74) is -2.06. The summed E-state index contributed by atoms with van der Waals surface area (Å²) in [6.45, 7) is 1.59. The SMILES string of the molecule is Cc1cc(S(=O)(=O)N(C)C2CC(O)(C(F)(F)F)C2)ccc1-c1ccc(F)c(C#N)n1. The van der Waals surface area contributed by atoms with E-state index in [2.05, 4.69) is 4.98 Å². The van der Waals surface area contributed by atoms with E-state index >= 15 is 0 Å². The molecule has 1 heterocycles. The van der Waals surface area contributed by atoms with Gasteiger partial charge in [-0.1, -0.05) is 6.07 Å². The van der Waals surface area contributed by atoms with Gasteiger partial charge in [0.1, 0.15) is 6.07 Å². The first-order chi connectivity index (χ1) is 13.8. The van der Waals surface area contributed by atoms with E-state index in [9.17, 15) is 31.1 Å². The maximum absolute atomic E-state index is 13.5. The highest BCUT2D eigenvalue weighted by Crippen LogP contribution is 2.47. The number of pyridine rings is 1. The zero-order chi connectivity index (χ0) is 22.5. The molecule has 0 aliphatic heterocycles. The number of nitrogens with zero attached hydrogens (tertiary/aromatic N) is 3. The Bertz CT molecular complexity index is 1140. The molecule has 1 fully saturated rings. The molecular formula is C19H17F4N3O3S. The Balaban J connectivity index is 1.86. The molecule has 6 nitrogen and oxygen atoms in total. The summed E-state index contributed by atoms with van der Waals surface area (Å²) in [4.78, 5) is 3.77. The fourth-order valence-corrected chi connectivity index (χ4v) is 4.77. The molecule has 160 valence electrons. The van der Waals surface area contributed by atoms with Crippen molar-refractivity contribution < 1.29 is 31.1 Å². The van der Waals surface area contributed by atoms with Gasteiger partial charge >= 0.3 is 6.18 Å². The van der Waals surface area contributed by atoms with Gasteiger partial charge in [0.05, 0.1) is 10.6 Å². The van der Waals surface area contributed by atoms with Crippen LogP contribution in [0.15, 0.2) is 35.2 Å². The minimum absolute atomic E-state index is 0.142. The van der Waals surface area contributed by atoms with Crippen molar-refractivity contribution in [3.8, 4) is 17.3 Å². The fourth-order valence-electron chi connectivity index (χ4n) is 3.33. The van der Waals surface area contributed by atoms with E-state index in [1.54, 1.807) is 13.0 Å². The second-order valence-corrected chi connectivity index (χ2v) is 9.23. The average Bonchev–Trinajstić information content (AvgIpc) is 2.64. The summed E-state index contributed by atoms with van der Waals surface area (Å²) in [5, 5.41) is 18.5. The van der Waals surface area contributed by atoms with Gasteiger partial charge in [0, 0.05) is 31.5 Å². The van der Waals surface area contributed by atoms with Crippen molar-refractivity contribution in [2.45, 2.75) is 42.5 Å². The molecular weight excluding hydrogens is 426 g/mol. The Morgan fingerprint density at radius 3 is 2.43 bits per heavy atom. The number of halogens is 4. The highest BCUT2D eigenvalue weighted by atomic mass is 32.2. The molecule has 0 radical (unpaired) electrons. The minimum Gasteiger partial charge on any atom is -0.380 e. The second kappa shape index (κ2) is 7.30. The van der Waals surface area contributed by atoms with Crippen molar-refractivity contribution in [3.05, 3.63) is 47.4 Å². The monoisotopic (exact) mass is 443 g/mol. The predicted molar refractivity (Wildman–Crippen MR) is 98.1 cm³/mol.